The quantitative estimate of drug-likeness (QED) is 0.598. The largest absolute Gasteiger partial charge is 0.298 e. The third-order valence-electron chi connectivity index (χ3n) is 1.71. The van der Waals surface area contributed by atoms with Crippen molar-refractivity contribution in [2.75, 3.05) is 19.7 Å². The molecule has 0 aliphatic heterocycles. The molecule has 0 bridgehead atoms. The van der Waals surface area contributed by atoms with Gasteiger partial charge in [0.2, 0.25) is 0 Å². The Hall–Kier alpha value is -0.0800. The molecule has 0 saturated heterocycles. The summed E-state index contributed by atoms with van der Waals surface area (Å²) in [7, 11) is 0. The van der Waals surface area contributed by atoms with Crippen LogP contribution in [0.15, 0.2) is 0 Å². The molecule has 0 fully saturated rings. The van der Waals surface area contributed by atoms with Crippen molar-refractivity contribution in [3.8, 4) is 0 Å². The van der Waals surface area contributed by atoms with Crippen LogP contribution in [0.3, 0.4) is 0 Å². The number of rotatable bonds is 5. The van der Waals surface area contributed by atoms with Gasteiger partial charge >= 0.3 is 0 Å². The lowest BCUT2D eigenvalue weighted by Crippen LogP contribution is -2.36. The lowest BCUT2D eigenvalue weighted by molar-refractivity contribution is 0.114. The van der Waals surface area contributed by atoms with Gasteiger partial charge in [0.25, 0.3) is 0 Å². The van der Waals surface area contributed by atoms with E-state index in [9.17, 15) is 5.11 Å². The van der Waals surface area contributed by atoms with Crippen LogP contribution in [0.1, 0.15) is 27.7 Å². The van der Waals surface area contributed by atoms with Gasteiger partial charge in [-0.25, -0.2) is 5.11 Å². The molecule has 0 unspecified atom stereocenters. The zero-order chi connectivity index (χ0) is 8.85. The Kier molecular flexibility index (Phi) is 5.51. The van der Waals surface area contributed by atoms with E-state index in [4.69, 9.17) is 0 Å². The lowest BCUT2D eigenvalue weighted by Gasteiger charge is -2.26. The number of nitrogens with zero attached hydrogens (tertiary/aromatic N) is 1. The van der Waals surface area contributed by atoms with Crippen LogP contribution >= 0.6 is 0 Å². The zero-order valence-electron chi connectivity index (χ0n) is 8.13. The Bertz CT molecular complexity index is 91.6. The van der Waals surface area contributed by atoms with Crippen LogP contribution in [-0.4, -0.2) is 30.6 Å². The Morgan fingerprint density at radius 3 is 2.00 bits per heavy atom. The molecule has 0 heterocycles. The molecular weight excluding hydrogens is 138 g/mol. The first-order valence-corrected chi connectivity index (χ1v) is 4.40. The second kappa shape index (κ2) is 5.56. The number of hydrogen-bond acceptors (Lipinski definition) is 1. The van der Waals surface area contributed by atoms with E-state index in [0.717, 1.165) is 6.54 Å². The highest BCUT2D eigenvalue weighted by atomic mass is 16.3. The van der Waals surface area contributed by atoms with Crippen LogP contribution in [0.5, 0.6) is 0 Å². The molecule has 0 spiro atoms. The average molecular weight is 158 g/mol. The molecule has 0 saturated carbocycles. The van der Waals surface area contributed by atoms with Crippen molar-refractivity contribution in [3.05, 3.63) is 0 Å². The predicted octanol–water partition coefficient (Wildman–Crippen LogP) is 1.78. The average Bonchev–Trinajstić information content (AvgIpc) is 1.86. The van der Waals surface area contributed by atoms with Crippen molar-refractivity contribution in [2.45, 2.75) is 33.7 Å². The van der Waals surface area contributed by atoms with Crippen LogP contribution in [0.25, 0.3) is 0 Å². The first-order valence-electron chi connectivity index (χ1n) is 4.40. The molecule has 67 valence electrons. The van der Waals surface area contributed by atoms with Crippen molar-refractivity contribution in [1.29, 1.82) is 0 Å². The zero-order valence-corrected chi connectivity index (χ0v) is 8.13. The second-order valence-electron chi connectivity index (χ2n) is 3.69. The van der Waals surface area contributed by atoms with E-state index >= 15 is 0 Å². The summed E-state index contributed by atoms with van der Waals surface area (Å²) < 4.78 is 0. The fourth-order valence-corrected chi connectivity index (χ4v) is 1.15. The Balaban J connectivity index is 3.69. The fraction of sp³-hybridized carbons (Fsp3) is 1.00. The van der Waals surface area contributed by atoms with Crippen LogP contribution in [0.4, 0.5) is 0 Å². The summed E-state index contributed by atoms with van der Waals surface area (Å²) in [6.07, 6.45) is 0. The van der Waals surface area contributed by atoms with E-state index < -0.39 is 0 Å². The summed E-state index contributed by atoms with van der Waals surface area (Å²) in [4.78, 5) is 2.23. The standard InChI is InChI=1S/C9H20NO/c1-8(2)7-10(5-6-11)9(3)4/h8-9H,5-7H2,1-4H3. The van der Waals surface area contributed by atoms with E-state index in [1.807, 2.05) is 0 Å². The summed E-state index contributed by atoms with van der Waals surface area (Å²) in [5.74, 6) is 0.656. The molecule has 0 atom stereocenters. The van der Waals surface area contributed by atoms with Gasteiger partial charge in [-0.1, -0.05) is 13.8 Å². The molecule has 2 heteroatoms. The molecule has 0 aromatic heterocycles. The SMILES string of the molecule is CC(C)CN(CC[O])C(C)C. The molecular formula is C9H20NO. The number of hydrogen-bond donors (Lipinski definition) is 0. The summed E-state index contributed by atoms with van der Waals surface area (Å²) in [6.45, 7) is 10.4. The Morgan fingerprint density at radius 2 is 1.73 bits per heavy atom. The molecule has 0 amide bonds. The highest BCUT2D eigenvalue weighted by Crippen LogP contribution is 2.02. The van der Waals surface area contributed by atoms with E-state index in [2.05, 4.69) is 32.6 Å². The van der Waals surface area contributed by atoms with E-state index in [0.29, 0.717) is 18.5 Å². The van der Waals surface area contributed by atoms with E-state index in [-0.39, 0.29) is 6.61 Å². The minimum atomic E-state index is 0.0188. The molecule has 11 heavy (non-hydrogen) atoms. The van der Waals surface area contributed by atoms with Gasteiger partial charge in [-0.3, -0.25) is 4.90 Å². The smallest absolute Gasteiger partial charge is 0.0949 e. The summed E-state index contributed by atoms with van der Waals surface area (Å²) in [5, 5.41) is 10.4. The van der Waals surface area contributed by atoms with Crippen LogP contribution in [0, 0.1) is 5.92 Å². The van der Waals surface area contributed by atoms with Gasteiger partial charge in [0.15, 0.2) is 0 Å². The van der Waals surface area contributed by atoms with Crippen molar-refractivity contribution in [2.24, 2.45) is 5.92 Å². The van der Waals surface area contributed by atoms with Crippen molar-refractivity contribution in [3.63, 3.8) is 0 Å². The van der Waals surface area contributed by atoms with Crippen molar-refractivity contribution < 1.29 is 5.11 Å². The maximum absolute atomic E-state index is 10.4. The maximum Gasteiger partial charge on any atom is 0.0949 e. The van der Waals surface area contributed by atoms with Gasteiger partial charge in [0.1, 0.15) is 0 Å². The summed E-state index contributed by atoms with van der Waals surface area (Å²) >= 11 is 0. The van der Waals surface area contributed by atoms with Gasteiger partial charge in [-0.05, 0) is 19.8 Å². The van der Waals surface area contributed by atoms with Crippen LogP contribution in [0.2, 0.25) is 0 Å². The summed E-state index contributed by atoms with van der Waals surface area (Å²) in [5.41, 5.74) is 0. The Labute approximate surface area is 70.2 Å². The third kappa shape index (κ3) is 5.22. The minimum Gasteiger partial charge on any atom is -0.298 e. The van der Waals surface area contributed by atoms with Crippen molar-refractivity contribution in [1.82, 2.24) is 4.90 Å². The molecule has 0 N–H and O–H groups in total. The summed E-state index contributed by atoms with van der Waals surface area (Å²) in [6, 6.07) is 0.506. The lowest BCUT2D eigenvalue weighted by atomic mass is 10.2. The molecule has 0 aliphatic carbocycles. The Morgan fingerprint density at radius 1 is 1.18 bits per heavy atom. The first-order chi connectivity index (χ1) is 5.07. The van der Waals surface area contributed by atoms with Crippen LogP contribution < -0.4 is 0 Å². The van der Waals surface area contributed by atoms with Crippen molar-refractivity contribution >= 4 is 0 Å². The molecule has 1 radical (unpaired) electrons. The fourth-order valence-electron chi connectivity index (χ4n) is 1.15. The van der Waals surface area contributed by atoms with E-state index in [1.54, 1.807) is 0 Å². The monoisotopic (exact) mass is 158 g/mol. The molecule has 0 rings (SSSR count). The van der Waals surface area contributed by atoms with Gasteiger partial charge in [0, 0.05) is 19.1 Å². The van der Waals surface area contributed by atoms with Gasteiger partial charge < -0.3 is 0 Å². The highest BCUT2D eigenvalue weighted by Gasteiger charge is 2.09. The van der Waals surface area contributed by atoms with Gasteiger partial charge in [-0.2, -0.15) is 0 Å². The normalized spacial score (nSPS) is 12.0. The topological polar surface area (TPSA) is 23.1 Å². The first kappa shape index (κ1) is 10.9. The van der Waals surface area contributed by atoms with Crippen LogP contribution in [-0.2, 0) is 5.11 Å². The molecule has 0 aromatic carbocycles. The molecule has 2 nitrogen and oxygen atoms in total. The van der Waals surface area contributed by atoms with Gasteiger partial charge in [0.05, 0.1) is 6.61 Å². The predicted molar refractivity (Wildman–Crippen MR) is 47.1 cm³/mol. The van der Waals surface area contributed by atoms with E-state index in [1.165, 1.54) is 0 Å². The third-order valence-corrected chi connectivity index (χ3v) is 1.71. The highest BCUT2D eigenvalue weighted by molar-refractivity contribution is 4.63. The maximum atomic E-state index is 10.4. The second-order valence-corrected chi connectivity index (χ2v) is 3.69. The molecule has 0 aromatic rings. The molecule has 0 aliphatic rings. The van der Waals surface area contributed by atoms with Gasteiger partial charge in [-0.15, -0.1) is 0 Å². The minimum absolute atomic E-state index is 0.0188.